The molecule has 1 amide bonds. The molecule has 0 aliphatic carbocycles. The molecule has 4 nitrogen and oxygen atoms in total. The average Bonchev–Trinajstić information content (AvgIpc) is 2.95. The molecule has 1 aromatic heterocycles. The highest BCUT2D eigenvalue weighted by atomic mass is 32.2. The summed E-state index contributed by atoms with van der Waals surface area (Å²) in [4.78, 5) is 16.3. The first-order valence-electron chi connectivity index (χ1n) is 7.70. The van der Waals surface area contributed by atoms with Gasteiger partial charge in [-0.15, -0.1) is 0 Å². The number of carbonyl (C=O) groups is 1. The second kappa shape index (κ2) is 7.23. The zero-order valence-corrected chi connectivity index (χ0v) is 14.6. The van der Waals surface area contributed by atoms with E-state index >= 15 is 0 Å². The fraction of sp³-hybridized carbons (Fsp3) is 0.222. The summed E-state index contributed by atoms with van der Waals surface area (Å²) >= 11 is 0.996. The number of aryl methyl sites for hydroxylation is 2. The molecule has 0 spiro atoms. The molecule has 0 saturated heterocycles. The fourth-order valence-electron chi connectivity index (χ4n) is 2.46. The number of halogens is 2. The number of thioether (sulfide) groups is 1. The van der Waals surface area contributed by atoms with E-state index < -0.39 is 6.55 Å². The van der Waals surface area contributed by atoms with Crippen LogP contribution in [-0.2, 0) is 4.79 Å². The van der Waals surface area contributed by atoms with Gasteiger partial charge in [-0.1, -0.05) is 30.0 Å². The van der Waals surface area contributed by atoms with Crippen LogP contribution in [-0.4, -0.2) is 21.2 Å². The fourth-order valence-corrected chi connectivity index (χ4v) is 3.27. The number of nitrogens with zero attached hydrogens (tertiary/aromatic N) is 2. The van der Waals surface area contributed by atoms with Crippen LogP contribution in [0.4, 0.5) is 14.5 Å². The van der Waals surface area contributed by atoms with E-state index in [-0.39, 0.29) is 16.8 Å². The van der Waals surface area contributed by atoms with Gasteiger partial charge in [0.05, 0.1) is 16.8 Å². The highest BCUT2D eigenvalue weighted by molar-refractivity contribution is 7.99. The number of hydrogen-bond donors (Lipinski definition) is 1. The van der Waals surface area contributed by atoms with Crippen LogP contribution in [0, 0.1) is 13.8 Å². The molecule has 0 bridgehead atoms. The van der Waals surface area contributed by atoms with E-state index in [9.17, 15) is 13.6 Å². The van der Waals surface area contributed by atoms with Gasteiger partial charge in [-0.2, -0.15) is 8.78 Å². The van der Waals surface area contributed by atoms with E-state index in [1.807, 2.05) is 32.0 Å². The van der Waals surface area contributed by atoms with E-state index in [1.165, 1.54) is 0 Å². The van der Waals surface area contributed by atoms with E-state index in [2.05, 4.69) is 10.3 Å². The second-order valence-electron chi connectivity index (χ2n) is 5.67. The van der Waals surface area contributed by atoms with Crippen LogP contribution in [0.25, 0.3) is 11.0 Å². The lowest BCUT2D eigenvalue weighted by molar-refractivity contribution is -0.113. The molecule has 0 aliphatic heterocycles. The monoisotopic (exact) mass is 361 g/mol. The number of anilines is 1. The van der Waals surface area contributed by atoms with Crippen molar-refractivity contribution in [2.24, 2.45) is 0 Å². The van der Waals surface area contributed by atoms with Crippen molar-refractivity contribution in [3.63, 3.8) is 0 Å². The quantitative estimate of drug-likeness (QED) is 0.665. The molecular formula is C18H17F2N3OS. The van der Waals surface area contributed by atoms with Gasteiger partial charge >= 0.3 is 6.55 Å². The molecular weight excluding hydrogens is 344 g/mol. The molecule has 7 heteroatoms. The number of aromatic nitrogens is 2. The van der Waals surface area contributed by atoms with E-state index in [0.717, 1.165) is 27.5 Å². The summed E-state index contributed by atoms with van der Waals surface area (Å²) in [5, 5.41) is 2.91. The zero-order valence-electron chi connectivity index (χ0n) is 13.8. The standard InChI is InChI=1S/C18H17F2N3OS/c1-11-7-8-13(9-12(11)2)21-16(24)10-25-18-22-14-5-3-4-6-15(14)23(18)17(19)20/h3-9,17H,10H2,1-2H3,(H,21,24). The summed E-state index contributed by atoms with van der Waals surface area (Å²) in [6.07, 6.45) is 0. The van der Waals surface area contributed by atoms with Gasteiger partial charge in [-0.3, -0.25) is 9.36 Å². The largest absolute Gasteiger partial charge is 0.325 e. The highest BCUT2D eigenvalue weighted by Gasteiger charge is 2.18. The molecule has 130 valence electrons. The molecule has 0 saturated carbocycles. The minimum Gasteiger partial charge on any atom is -0.325 e. The molecule has 25 heavy (non-hydrogen) atoms. The molecule has 0 unspecified atom stereocenters. The summed E-state index contributed by atoms with van der Waals surface area (Å²) in [6, 6.07) is 12.3. The molecule has 0 fully saturated rings. The first-order valence-corrected chi connectivity index (χ1v) is 8.69. The molecule has 1 heterocycles. The number of alkyl halides is 2. The Morgan fingerprint density at radius 1 is 1.20 bits per heavy atom. The van der Waals surface area contributed by atoms with Crippen LogP contribution < -0.4 is 5.32 Å². The van der Waals surface area contributed by atoms with Gasteiger partial charge < -0.3 is 5.32 Å². The van der Waals surface area contributed by atoms with Gasteiger partial charge in [0.2, 0.25) is 5.91 Å². The van der Waals surface area contributed by atoms with Crippen molar-refractivity contribution in [1.29, 1.82) is 0 Å². The van der Waals surface area contributed by atoms with Crippen molar-refractivity contribution in [2.45, 2.75) is 25.6 Å². The maximum absolute atomic E-state index is 13.4. The number of imidazole rings is 1. The molecule has 1 N–H and O–H groups in total. The lowest BCUT2D eigenvalue weighted by Gasteiger charge is -2.09. The maximum Gasteiger partial charge on any atom is 0.321 e. The summed E-state index contributed by atoms with van der Waals surface area (Å²) in [7, 11) is 0. The van der Waals surface area contributed by atoms with Crippen molar-refractivity contribution < 1.29 is 13.6 Å². The smallest absolute Gasteiger partial charge is 0.321 e. The van der Waals surface area contributed by atoms with Gasteiger partial charge in [-0.05, 0) is 49.2 Å². The summed E-state index contributed by atoms with van der Waals surface area (Å²) in [6.45, 7) is 1.24. The van der Waals surface area contributed by atoms with Gasteiger partial charge in [0, 0.05) is 5.69 Å². The Morgan fingerprint density at radius 3 is 2.68 bits per heavy atom. The van der Waals surface area contributed by atoms with Crippen LogP contribution >= 0.6 is 11.8 Å². The lowest BCUT2D eigenvalue weighted by Crippen LogP contribution is -2.15. The zero-order chi connectivity index (χ0) is 18.0. The molecule has 0 atom stereocenters. The third kappa shape index (κ3) is 3.82. The van der Waals surface area contributed by atoms with Crippen LogP contribution in [0.15, 0.2) is 47.6 Å². The number of fused-ring (bicyclic) bond motifs is 1. The van der Waals surface area contributed by atoms with Crippen molar-refractivity contribution in [1.82, 2.24) is 9.55 Å². The van der Waals surface area contributed by atoms with Crippen molar-refractivity contribution in [3.8, 4) is 0 Å². The predicted molar refractivity (Wildman–Crippen MR) is 96.3 cm³/mol. The van der Waals surface area contributed by atoms with Crippen molar-refractivity contribution in [2.75, 3.05) is 11.1 Å². The predicted octanol–water partition coefficient (Wildman–Crippen LogP) is 4.78. The third-order valence-corrected chi connectivity index (χ3v) is 4.83. The van der Waals surface area contributed by atoms with E-state index in [1.54, 1.807) is 24.3 Å². The lowest BCUT2D eigenvalue weighted by atomic mass is 10.1. The Hall–Kier alpha value is -2.41. The molecule has 0 radical (unpaired) electrons. The molecule has 2 aromatic carbocycles. The van der Waals surface area contributed by atoms with Gasteiger partial charge in [-0.25, -0.2) is 4.98 Å². The minimum atomic E-state index is -2.71. The third-order valence-electron chi connectivity index (χ3n) is 3.88. The highest BCUT2D eigenvalue weighted by Crippen LogP contribution is 2.29. The number of rotatable bonds is 5. The Bertz CT molecular complexity index is 924. The van der Waals surface area contributed by atoms with Gasteiger partial charge in [0.1, 0.15) is 0 Å². The van der Waals surface area contributed by atoms with E-state index in [4.69, 9.17) is 0 Å². The topological polar surface area (TPSA) is 46.9 Å². The van der Waals surface area contributed by atoms with Crippen molar-refractivity contribution >= 4 is 34.4 Å². The number of nitrogens with one attached hydrogen (secondary N) is 1. The molecule has 0 aliphatic rings. The number of para-hydroxylation sites is 2. The molecule has 3 aromatic rings. The molecule has 3 rings (SSSR count). The van der Waals surface area contributed by atoms with Crippen molar-refractivity contribution in [3.05, 3.63) is 53.6 Å². The van der Waals surface area contributed by atoms with Gasteiger partial charge in [0.25, 0.3) is 0 Å². The average molecular weight is 361 g/mol. The minimum absolute atomic E-state index is 0.00294. The Morgan fingerprint density at radius 2 is 1.96 bits per heavy atom. The number of hydrogen-bond acceptors (Lipinski definition) is 3. The first kappa shape index (κ1) is 17.4. The number of carbonyl (C=O) groups excluding carboxylic acids is 1. The Balaban J connectivity index is 1.72. The summed E-state index contributed by atoms with van der Waals surface area (Å²) in [5.41, 5.74) is 3.74. The first-order chi connectivity index (χ1) is 12.0. The van der Waals surface area contributed by atoms with Gasteiger partial charge in [0.15, 0.2) is 5.16 Å². The normalized spacial score (nSPS) is 11.2. The summed E-state index contributed by atoms with van der Waals surface area (Å²) in [5.74, 6) is -0.260. The van der Waals surface area contributed by atoms with Crippen LogP contribution in [0.3, 0.4) is 0 Å². The van der Waals surface area contributed by atoms with E-state index in [0.29, 0.717) is 16.7 Å². The van der Waals surface area contributed by atoms with Crippen LogP contribution in [0.1, 0.15) is 17.7 Å². The Kier molecular flexibility index (Phi) is 5.03. The summed E-state index contributed by atoms with van der Waals surface area (Å²) < 4.78 is 27.6. The van der Waals surface area contributed by atoms with Crippen LogP contribution in [0.2, 0.25) is 0 Å². The number of benzene rings is 2. The SMILES string of the molecule is Cc1ccc(NC(=O)CSc2nc3ccccc3n2C(F)F)cc1C. The Labute approximate surface area is 148 Å². The van der Waals surface area contributed by atoms with Crippen LogP contribution in [0.5, 0.6) is 0 Å². The maximum atomic E-state index is 13.4. The number of amides is 1. The second-order valence-corrected chi connectivity index (χ2v) is 6.61.